The van der Waals surface area contributed by atoms with Gasteiger partial charge in [0.05, 0.1) is 16.6 Å². The molecule has 1 aromatic carbocycles. The lowest BCUT2D eigenvalue weighted by Gasteiger charge is -2.10. The van der Waals surface area contributed by atoms with Crippen LogP contribution in [0.3, 0.4) is 0 Å². The molecule has 6 heteroatoms. The van der Waals surface area contributed by atoms with Gasteiger partial charge in [0.25, 0.3) is 0 Å². The van der Waals surface area contributed by atoms with Crippen LogP contribution in [0.15, 0.2) is 27.8 Å². The molecule has 6 nitrogen and oxygen atoms in total. The van der Waals surface area contributed by atoms with Gasteiger partial charge in [-0.15, -0.1) is 0 Å². The molecule has 0 aliphatic carbocycles. The topological polar surface area (TPSA) is 92.2 Å². The molecule has 20 heavy (non-hydrogen) atoms. The number of fused-ring (bicyclic) bond motifs is 1. The summed E-state index contributed by atoms with van der Waals surface area (Å²) in [5.74, 6) is -1.13. The third-order valence-electron chi connectivity index (χ3n) is 3.23. The normalized spacial score (nSPS) is 10.8. The molecule has 2 N–H and O–H groups in total. The number of unbranched alkanes of at least 4 members (excludes halogenated alkanes) is 2. The smallest absolute Gasteiger partial charge is 0.337 e. The van der Waals surface area contributed by atoms with Gasteiger partial charge < -0.3 is 14.7 Å². The highest BCUT2D eigenvalue weighted by molar-refractivity contribution is 6.00. The van der Waals surface area contributed by atoms with Gasteiger partial charge in [0, 0.05) is 6.54 Å². The van der Waals surface area contributed by atoms with Crippen molar-refractivity contribution in [2.45, 2.75) is 32.7 Å². The van der Waals surface area contributed by atoms with Crippen molar-refractivity contribution in [1.82, 2.24) is 9.55 Å². The molecule has 0 atom stereocenters. The van der Waals surface area contributed by atoms with Gasteiger partial charge in [-0.25, -0.2) is 4.79 Å². The van der Waals surface area contributed by atoms with E-state index in [0.29, 0.717) is 12.1 Å². The van der Waals surface area contributed by atoms with Crippen LogP contribution in [-0.2, 0) is 6.54 Å². The van der Waals surface area contributed by atoms with Crippen molar-refractivity contribution in [3.05, 3.63) is 44.5 Å². The van der Waals surface area contributed by atoms with E-state index in [-0.39, 0.29) is 11.1 Å². The van der Waals surface area contributed by atoms with E-state index in [4.69, 9.17) is 5.11 Å². The third-order valence-corrected chi connectivity index (χ3v) is 3.23. The van der Waals surface area contributed by atoms with Crippen LogP contribution >= 0.6 is 0 Å². The number of nitrogens with one attached hydrogen (secondary N) is 1. The quantitative estimate of drug-likeness (QED) is 0.640. The summed E-state index contributed by atoms with van der Waals surface area (Å²) >= 11 is 0. The van der Waals surface area contributed by atoms with Crippen molar-refractivity contribution in [2.24, 2.45) is 0 Å². The second kappa shape index (κ2) is 5.73. The average Bonchev–Trinajstić information content (AvgIpc) is 2.42. The van der Waals surface area contributed by atoms with Gasteiger partial charge in [-0.1, -0.05) is 25.8 Å². The Bertz CT molecular complexity index is 758. The Morgan fingerprint density at radius 3 is 2.70 bits per heavy atom. The Hall–Kier alpha value is -2.37. The second-order valence-electron chi connectivity index (χ2n) is 4.62. The zero-order valence-corrected chi connectivity index (χ0v) is 11.2. The number of hydrogen-bond donors (Lipinski definition) is 2. The van der Waals surface area contributed by atoms with Gasteiger partial charge in [0.15, 0.2) is 0 Å². The van der Waals surface area contributed by atoms with Crippen molar-refractivity contribution in [1.29, 1.82) is 0 Å². The third kappa shape index (κ3) is 2.49. The van der Waals surface area contributed by atoms with Crippen molar-refractivity contribution in [3.8, 4) is 0 Å². The lowest BCUT2D eigenvalue weighted by atomic mass is 10.1. The van der Waals surface area contributed by atoms with Crippen molar-refractivity contribution in [2.75, 3.05) is 0 Å². The number of carbonyl (C=O) groups is 1. The van der Waals surface area contributed by atoms with E-state index in [9.17, 15) is 14.4 Å². The molecule has 0 aliphatic heterocycles. The molecule has 0 unspecified atom stereocenters. The van der Waals surface area contributed by atoms with Crippen LogP contribution in [0.25, 0.3) is 11.0 Å². The van der Waals surface area contributed by atoms with Crippen LogP contribution in [0.4, 0.5) is 0 Å². The highest BCUT2D eigenvalue weighted by Gasteiger charge is 2.13. The Kier molecular flexibility index (Phi) is 4.02. The molecule has 0 spiro atoms. The monoisotopic (exact) mass is 276 g/mol. The van der Waals surface area contributed by atoms with Gasteiger partial charge in [0.2, 0.25) is 0 Å². The average molecular weight is 276 g/mol. The number of rotatable bonds is 5. The molecule has 2 rings (SSSR count). The van der Waals surface area contributed by atoms with Gasteiger partial charge in [0.1, 0.15) is 0 Å². The van der Waals surface area contributed by atoms with E-state index in [1.807, 2.05) is 6.92 Å². The van der Waals surface area contributed by atoms with Crippen LogP contribution in [0.2, 0.25) is 0 Å². The van der Waals surface area contributed by atoms with E-state index < -0.39 is 17.1 Å². The van der Waals surface area contributed by atoms with E-state index in [2.05, 4.69) is 4.98 Å². The number of carboxylic acid groups (broad SMARTS) is 1. The summed E-state index contributed by atoms with van der Waals surface area (Å²) in [6.45, 7) is 2.46. The zero-order valence-electron chi connectivity index (χ0n) is 11.2. The molecule has 0 amide bonds. The SMILES string of the molecule is CCCCCn1c(=O)c(=O)[nH]c2c(C(=O)O)cccc21. The summed E-state index contributed by atoms with van der Waals surface area (Å²) in [5, 5.41) is 9.14. The highest BCUT2D eigenvalue weighted by atomic mass is 16.4. The van der Waals surface area contributed by atoms with Gasteiger partial charge in [-0.05, 0) is 18.6 Å². The second-order valence-corrected chi connectivity index (χ2v) is 4.62. The predicted molar refractivity (Wildman–Crippen MR) is 75.3 cm³/mol. The Balaban J connectivity index is 2.69. The summed E-state index contributed by atoms with van der Waals surface area (Å²) < 4.78 is 1.36. The molecule has 1 aromatic heterocycles. The maximum absolute atomic E-state index is 11.9. The zero-order chi connectivity index (χ0) is 14.7. The Labute approximate surface area is 114 Å². The number of hydrogen-bond acceptors (Lipinski definition) is 3. The molecule has 0 saturated carbocycles. The van der Waals surface area contributed by atoms with Crippen LogP contribution < -0.4 is 11.1 Å². The lowest BCUT2D eigenvalue weighted by molar-refractivity contribution is 0.0699. The maximum atomic E-state index is 11.9. The van der Waals surface area contributed by atoms with Crippen molar-refractivity contribution < 1.29 is 9.90 Å². The Morgan fingerprint density at radius 2 is 2.05 bits per heavy atom. The van der Waals surface area contributed by atoms with E-state index in [0.717, 1.165) is 19.3 Å². The van der Waals surface area contributed by atoms with Crippen molar-refractivity contribution >= 4 is 17.0 Å². The van der Waals surface area contributed by atoms with E-state index in [1.54, 1.807) is 12.1 Å². The predicted octanol–water partition coefficient (Wildman–Crippen LogP) is 1.58. The minimum Gasteiger partial charge on any atom is -0.478 e. The molecule has 0 saturated heterocycles. The van der Waals surface area contributed by atoms with Gasteiger partial charge in [-0.2, -0.15) is 0 Å². The first kappa shape index (κ1) is 14.0. The number of carboxylic acids is 1. The molecular formula is C14H16N2O4. The number of aryl methyl sites for hydroxylation is 1. The molecule has 1 heterocycles. The molecular weight excluding hydrogens is 260 g/mol. The summed E-state index contributed by atoms with van der Waals surface area (Å²) in [6, 6.07) is 4.62. The number of para-hydroxylation sites is 1. The van der Waals surface area contributed by atoms with E-state index in [1.165, 1.54) is 10.6 Å². The van der Waals surface area contributed by atoms with Crippen LogP contribution in [0.1, 0.15) is 36.5 Å². The van der Waals surface area contributed by atoms with E-state index >= 15 is 0 Å². The fourth-order valence-electron chi connectivity index (χ4n) is 2.22. The van der Waals surface area contributed by atoms with Crippen LogP contribution in [-0.4, -0.2) is 20.6 Å². The van der Waals surface area contributed by atoms with Gasteiger partial charge in [-0.3, -0.25) is 9.59 Å². The summed E-state index contributed by atoms with van der Waals surface area (Å²) in [6.07, 6.45) is 2.71. The minimum atomic E-state index is -1.13. The molecule has 106 valence electrons. The first-order chi connectivity index (χ1) is 9.56. The Morgan fingerprint density at radius 1 is 1.30 bits per heavy atom. The minimum absolute atomic E-state index is 0.0103. The number of aromatic amines is 1. The molecule has 0 fully saturated rings. The lowest BCUT2D eigenvalue weighted by Crippen LogP contribution is -2.36. The number of nitrogens with zero attached hydrogens (tertiary/aromatic N) is 1. The summed E-state index contributed by atoms with van der Waals surface area (Å²) in [4.78, 5) is 37.2. The molecule has 0 bridgehead atoms. The largest absolute Gasteiger partial charge is 0.478 e. The standard InChI is InChI=1S/C14H16N2O4/c1-2-3-4-8-16-10-7-5-6-9(14(19)20)11(10)15-12(17)13(16)18/h5-7H,2-4,8H2,1H3,(H,15,17)(H,19,20). The first-order valence-electron chi connectivity index (χ1n) is 6.55. The molecule has 0 aliphatic rings. The maximum Gasteiger partial charge on any atom is 0.337 e. The number of aromatic carboxylic acids is 1. The summed E-state index contributed by atoms with van der Waals surface area (Å²) in [5.41, 5.74) is -0.797. The first-order valence-corrected chi connectivity index (χ1v) is 6.55. The van der Waals surface area contributed by atoms with Gasteiger partial charge >= 0.3 is 17.1 Å². The fraction of sp³-hybridized carbons (Fsp3) is 0.357. The molecule has 2 aromatic rings. The van der Waals surface area contributed by atoms with Crippen molar-refractivity contribution in [3.63, 3.8) is 0 Å². The van der Waals surface area contributed by atoms with Crippen LogP contribution in [0, 0.1) is 0 Å². The molecule has 0 radical (unpaired) electrons. The number of benzene rings is 1. The number of H-pyrrole nitrogens is 1. The fourth-order valence-corrected chi connectivity index (χ4v) is 2.22. The summed E-state index contributed by atoms with van der Waals surface area (Å²) in [7, 11) is 0. The van der Waals surface area contributed by atoms with Crippen LogP contribution in [0.5, 0.6) is 0 Å². The highest BCUT2D eigenvalue weighted by Crippen LogP contribution is 2.14. The number of aromatic nitrogens is 2.